The van der Waals surface area contributed by atoms with Gasteiger partial charge in [-0.25, -0.2) is 0 Å². The molecule has 0 atom stereocenters. The zero-order chi connectivity index (χ0) is 24.9. The summed E-state index contributed by atoms with van der Waals surface area (Å²) in [6.07, 6.45) is 0.0525. The van der Waals surface area contributed by atoms with Crippen molar-refractivity contribution in [3.8, 4) is 0 Å². The average molecular weight is 495 g/mol. The van der Waals surface area contributed by atoms with Crippen molar-refractivity contribution in [3.05, 3.63) is 103 Å². The third-order valence-electron chi connectivity index (χ3n) is 5.55. The second kappa shape index (κ2) is 10.5. The molecule has 0 spiro atoms. The number of para-hydroxylation sites is 1. The molecule has 0 radical (unpaired) electrons. The molecular formula is C28H22N4O3S. The van der Waals surface area contributed by atoms with Gasteiger partial charge in [-0.3, -0.25) is 14.4 Å². The molecule has 178 valence electrons. The fourth-order valence-corrected chi connectivity index (χ4v) is 4.48. The maximum atomic E-state index is 12.7. The second-order valence-electron chi connectivity index (χ2n) is 8.14. The number of rotatable bonds is 6. The number of amides is 3. The van der Waals surface area contributed by atoms with Crippen LogP contribution in [0.2, 0.25) is 0 Å². The third kappa shape index (κ3) is 5.45. The van der Waals surface area contributed by atoms with Crippen LogP contribution in [0.5, 0.6) is 0 Å². The van der Waals surface area contributed by atoms with Crippen molar-refractivity contribution < 1.29 is 14.4 Å². The van der Waals surface area contributed by atoms with E-state index in [1.54, 1.807) is 24.3 Å². The van der Waals surface area contributed by atoms with Crippen molar-refractivity contribution in [3.63, 3.8) is 0 Å². The van der Waals surface area contributed by atoms with Crippen molar-refractivity contribution >= 4 is 57.5 Å². The van der Waals surface area contributed by atoms with Crippen molar-refractivity contribution in [1.29, 1.82) is 0 Å². The van der Waals surface area contributed by atoms with Crippen molar-refractivity contribution in [2.24, 2.45) is 5.10 Å². The molecular weight excluding hydrogens is 472 g/mol. The van der Waals surface area contributed by atoms with Crippen LogP contribution in [-0.2, 0) is 9.59 Å². The summed E-state index contributed by atoms with van der Waals surface area (Å²) in [5.74, 6) is -0.111. The summed E-state index contributed by atoms with van der Waals surface area (Å²) in [7, 11) is 0. The zero-order valence-corrected chi connectivity index (χ0v) is 20.0. The summed E-state index contributed by atoms with van der Waals surface area (Å²) in [4.78, 5) is 38.1. The lowest BCUT2D eigenvalue weighted by molar-refractivity contribution is -0.117. The number of hydrazone groups is 1. The van der Waals surface area contributed by atoms with Gasteiger partial charge in [0.1, 0.15) is 5.84 Å². The van der Waals surface area contributed by atoms with Gasteiger partial charge in [-0.1, -0.05) is 48.5 Å². The van der Waals surface area contributed by atoms with E-state index in [1.165, 1.54) is 16.8 Å². The predicted octanol–water partition coefficient (Wildman–Crippen LogP) is 5.05. The monoisotopic (exact) mass is 494 g/mol. The van der Waals surface area contributed by atoms with Crippen LogP contribution in [0.4, 0.5) is 11.4 Å². The summed E-state index contributed by atoms with van der Waals surface area (Å²) < 4.78 is 0. The van der Waals surface area contributed by atoms with Crippen LogP contribution in [-0.4, -0.2) is 29.3 Å². The summed E-state index contributed by atoms with van der Waals surface area (Å²) in [6, 6.07) is 29.9. The summed E-state index contributed by atoms with van der Waals surface area (Å²) in [6.45, 7) is 0. The lowest BCUT2D eigenvalue weighted by Crippen LogP contribution is -2.31. The lowest BCUT2D eigenvalue weighted by Gasteiger charge is -2.10. The van der Waals surface area contributed by atoms with E-state index in [4.69, 9.17) is 0 Å². The Morgan fingerprint density at radius 2 is 1.56 bits per heavy atom. The van der Waals surface area contributed by atoms with Gasteiger partial charge in [0.2, 0.25) is 5.91 Å². The number of anilines is 2. The largest absolute Gasteiger partial charge is 0.322 e. The van der Waals surface area contributed by atoms with Gasteiger partial charge in [-0.05, 0) is 59.3 Å². The Kier molecular flexibility index (Phi) is 6.77. The second-order valence-corrected chi connectivity index (χ2v) is 9.19. The maximum Gasteiger partial charge on any atom is 0.255 e. The maximum absolute atomic E-state index is 12.7. The van der Waals surface area contributed by atoms with Gasteiger partial charge < -0.3 is 10.6 Å². The van der Waals surface area contributed by atoms with Crippen LogP contribution in [0.15, 0.2) is 107 Å². The number of fused-ring (bicyclic) bond motifs is 1. The Bertz CT molecular complexity index is 1470. The topological polar surface area (TPSA) is 90.9 Å². The van der Waals surface area contributed by atoms with E-state index in [0.29, 0.717) is 22.8 Å². The number of hydrogen-bond donors (Lipinski definition) is 2. The van der Waals surface area contributed by atoms with Gasteiger partial charge in [-0.2, -0.15) is 10.1 Å². The van der Waals surface area contributed by atoms with E-state index in [1.807, 2.05) is 72.8 Å². The number of amidine groups is 1. The lowest BCUT2D eigenvalue weighted by atomic mass is 10.1. The number of benzene rings is 4. The Balaban J connectivity index is 1.13. The number of nitrogens with zero attached hydrogens (tertiary/aromatic N) is 2. The highest BCUT2D eigenvalue weighted by Gasteiger charge is 2.26. The Morgan fingerprint density at radius 3 is 2.33 bits per heavy atom. The van der Waals surface area contributed by atoms with Crippen molar-refractivity contribution in [2.75, 3.05) is 16.1 Å². The van der Waals surface area contributed by atoms with Gasteiger partial charge in [0.15, 0.2) is 0 Å². The van der Waals surface area contributed by atoms with Crippen LogP contribution in [0, 0.1) is 0 Å². The molecule has 5 rings (SSSR count). The van der Waals surface area contributed by atoms with Crippen LogP contribution >= 0.6 is 11.8 Å². The average Bonchev–Trinajstić information content (AvgIpc) is 3.28. The van der Waals surface area contributed by atoms with Crippen molar-refractivity contribution in [1.82, 2.24) is 5.32 Å². The molecule has 0 saturated carbocycles. The molecule has 1 aliphatic rings. The molecule has 0 aliphatic carbocycles. The number of hydrogen-bond acceptors (Lipinski definition) is 5. The summed E-state index contributed by atoms with van der Waals surface area (Å²) in [5, 5.41) is 13.2. The molecule has 36 heavy (non-hydrogen) atoms. The molecule has 7 nitrogen and oxygen atoms in total. The van der Waals surface area contributed by atoms with Gasteiger partial charge >= 0.3 is 0 Å². The molecule has 3 amide bonds. The first kappa shape index (κ1) is 23.3. The quantitative estimate of drug-likeness (QED) is 0.367. The molecule has 0 unspecified atom stereocenters. The SMILES string of the molecule is O=C(CSc1ccc(NC(=O)c2ccc3ccccc3c2)cc1)NC1=NN(c2ccccc2)C(=O)C1. The molecule has 0 fully saturated rings. The number of nitrogens with one attached hydrogen (secondary N) is 2. The smallest absolute Gasteiger partial charge is 0.255 e. The molecule has 8 heteroatoms. The van der Waals surface area contributed by atoms with Crippen molar-refractivity contribution in [2.45, 2.75) is 11.3 Å². The first-order chi connectivity index (χ1) is 17.5. The molecule has 0 bridgehead atoms. The van der Waals surface area contributed by atoms with Gasteiger partial charge in [0.25, 0.3) is 11.8 Å². The standard InChI is InChI=1S/C28H22N4O3S/c33-26(30-25-17-27(34)32(31-25)23-8-2-1-3-9-23)18-36-24-14-12-22(13-15-24)29-28(35)21-11-10-19-6-4-5-7-20(19)16-21/h1-16H,17-18H2,(H,29,35)(H,30,31,33). The molecule has 1 heterocycles. The fourth-order valence-electron chi connectivity index (χ4n) is 3.78. The summed E-state index contributed by atoms with van der Waals surface area (Å²) >= 11 is 1.36. The van der Waals surface area contributed by atoms with Crippen LogP contribution in [0.3, 0.4) is 0 Å². The van der Waals surface area contributed by atoms with E-state index in [2.05, 4.69) is 15.7 Å². The van der Waals surface area contributed by atoms with Crippen LogP contribution in [0.1, 0.15) is 16.8 Å². The van der Waals surface area contributed by atoms with Gasteiger partial charge in [-0.15, -0.1) is 11.8 Å². The molecule has 2 N–H and O–H groups in total. The Labute approximate surface area is 212 Å². The van der Waals surface area contributed by atoms with Crippen LogP contribution < -0.4 is 15.6 Å². The highest BCUT2D eigenvalue weighted by molar-refractivity contribution is 8.00. The van der Waals surface area contributed by atoms with E-state index >= 15 is 0 Å². The number of carbonyl (C=O) groups excluding carboxylic acids is 3. The normalized spacial score (nSPS) is 12.9. The predicted molar refractivity (Wildman–Crippen MR) is 143 cm³/mol. The first-order valence-corrected chi connectivity index (χ1v) is 12.3. The Hall–Kier alpha value is -4.43. The van der Waals surface area contributed by atoms with Crippen LogP contribution in [0.25, 0.3) is 10.8 Å². The minimum absolute atomic E-state index is 0.0525. The minimum atomic E-state index is -0.241. The zero-order valence-electron chi connectivity index (χ0n) is 19.2. The third-order valence-corrected chi connectivity index (χ3v) is 6.57. The molecule has 1 aliphatic heterocycles. The fraction of sp³-hybridized carbons (Fsp3) is 0.0714. The number of carbonyl (C=O) groups is 3. The molecule has 0 saturated heterocycles. The van der Waals surface area contributed by atoms with Gasteiger partial charge in [0.05, 0.1) is 17.9 Å². The molecule has 4 aromatic rings. The van der Waals surface area contributed by atoms with E-state index < -0.39 is 0 Å². The minimum Gasteiger partial charge on any atom is -0.322 e. The van der Waals surface area contributed by atoms with E-state index in [9.17, 15) is 14.4 Å². The van der Waals surface area contributed by atoms with E-state index in [0.717, 1.165) is 15.7 Å². The van der Waals surface area contributed by atoms with Gasteiger partial charge in [0, 0.05) is 16.1 Å². The molecule has 4 aromatic carbocycles. The summed E-state index contributed by atoms with van der Waals surface area (Å²) in [5.41, 5.74) is 1.92. The highest BCUT2D eigenvalue weighted by atomic mass is 32.2. The molecule has 0 aromatic heterocycles. The highest BCUT2D eigenvalue weighted by Crippen LogP contribution is 2.22. The number of thioether (sulfide) groups is 1. The first-order valence-electron chi connectivity index (χ1n) is 11.3. The van der Waals surface area contributed by atoms with E-state index in [-0.39, 0.29) is 29.9 Å². The Morgan fingerprint density at radius 1 is 0.833 bits per heavy atom.